The molecule has 6 aromatic heterocycles. The Bertz CT molecular complexity index is 2670. The number of aromatic nitrogens is 6. The van der Waals surface area contributed by atoms with E-state index < -0.39 is 5.60 Å². The minimum Gasteiger partial charge on any atom is -0.460 e. The quantitative estimate of drug-likeness (QED) is 0.139. The summed E-state index contributed by atoms with van der Waals surface area (Å²) in [5.41, 5.74) is 7.19. The van der Waals surface area contributed by atoms with Crippen LogP contribution in [0.2, 0.25) is 0 Å². The van der Waals surface area contributed by atoms with Gasteiger partial charge in [-0.2, -0.15) is 0 Å². The van der Waals surface area contributed by atoms with Crippen molar-refractivity contribution in [3.63, 3.8) is 0 Å². The number of carbonyl (C=O) groups is 2. The first-order valence-electron chi connectivity index (χ1n) is 20.7. The maximum Gasteiger partial charge on any atom is 0.306 e. The largest absolute Gasteiger partial charge is 0.460 e. The van der Waals surface area contributed by atoms with Crippen LogP contribution >= 0.6 is 0 Å². The van der Waals surface area contributed by atoms with Crippen molar-refractivity contribution in [2.75, 3.05) is 32.8 Å². The minimum atomic E-state index is -0.420. The molecule has 2 fully saturated rings. The van der Waals surface area contributed by atoms with Crippen molar-refractivity contribution >= 4 is 45.4 Å². The van der Waals surface area contributed by atoms with Crippen LogP contribution in [0.3, 0.4) is 0 Å². The molecule has 8 rings (SSSR count). The zero-order valence-electron chi connectivity index (χ0n) is 35.8. The SMILES string of the molecule is Cc1cnc2ccc(=O)n(CC3OCCO3)c2c1.Cc1cnc2ccc(=O)n(CC=O)c2c1.Cc1cnc2ccc(=O)n(CCN3CCC(CC(=O)OC(C)(C)C)CC3)c2c1. The number of ether oxygens (including phenoxy) is 3. The summed E-state index contributed by atoms with van der Waals surface area (Å²) in [6.07, 6.45) is 8.20. The van der Waals surface area contributed by atoms with Crippen LogP contribution in [-0.4, -0.2) is 90.5 Å². The Kier molecular flexibility index (Phi) is 14.7. The molecule has 15 heteroatoms. The fourth-order valence-corrected chi connectivity index (χ4v) is 7.42. The van der Waals surface area contributed by atoms with Crippen LogP contribution in [-0.2, 0) is 43.4 Å². The van der Waals surface area contributed by atoms with Gasteiger partial charge < -0.3 is 33.0 Å². The van der Waals surface area contributed by atoms with E-state index in [-0.39, 0.29) is 35.5 Å². The van der Waals surface area contributed by atoms with Crippen LogP contribution in [0.1, 0.15) is 56.7 Å². The molecule has 0 unspecified atom stereocenters. The number of carbonyl (C=O) groups excluding carboxylic acids is 2. The third kappa shape index (κ3) is 12.1. The molecule has 322 valence electrons. The van der Waals surface area contributed by atoms with Crippen molar-refractivity contribution in [1.29, 1.82) is 0 Å². The number of aryl methyl sites for hydroxylation is 3. The van der Waals surface area contributed by atoms with Gasteiger partial charge in [0.2, 0.25) is 0 Å². The van der Waals surface area contributed by atoms with Crippen molar-refractivity contribution in [2.24, 2.45) is 5.92 Å². The molecule has 0 aliphatic carbocycles. The Morgan fingerprint density at radius 2 is 1.16 bits per heavy atom. The molecule has 2 saturated heterocycles. The van der Waals surface area contributed by atoms with E-state index in [0.717, 1.165) is 76.7 Å². The molecule has 0 bridgehead atoms. The molecule has 0 amide bonds. The Morgan fingerprint density at radius 3 is 1.66 bits per heavy atom. The van der Waals surface area contributed by atoms with Gasteiger partial charge in [0, 0.05) is 56.3 Å². The summed E-state index contributed by atoms with van der Waals surface area (Å²) in [6, 6.07) is 15.6. The number of aldehydes is 1. The summed E-state index contributed by atoms with van der Waals surface area (Å²) < 4.78 is 21.1. The van der Waals surface area contributed by atoms with E-state index in [2.05, 4.69) is 19.9 Å². The second kappa shape index (κ2) is 20.1. The summed E-state index contributed by atoms with van der Waals surface area (Å²) >= 11 is 0. The molecule has 0 saturated carbocycles. The zero-order chi connectivity index (χ0) is 43.7. The minimum absolute atomic E-state index is 0.0136. The summed E-state index contributed by atoms with van der Waals surface area (Å²) in [5.74, 6) is 0.286. The highest BCUT2D eigenvalue weighted by Gasteiger charge is 2.25. The summed E-state index contributed by atoms with van der Waals surface area (Å²) in [5, 5.41) is 0. The number of nitrogens with zero attached hydrogens (tertiary/aromatic N) is 7. The first-order valence-corrected chi connectivity index (χ1v) is 20.7. The van der Waals surface area contributed by atoms with Gasteiger partial charge in [-0.1, -0.05) is 0 Å². The Balaban J connectivity index is 0.000000162. The predicted molar refractivity (Wildman–Crippen MR) is 234 cm³/mol. The van der Waals surface area contributed by atoms with Gasteiger partial charge in [0.15, 0.2) is 6.29 Å². The average Bonchev–Trinajstić information content (AvgIpc) is 3.74. The molecule has 0 spiro atoms. The van der Waals surface area contributed by atoms with Crippen LogP contribution in [0.4, 0.5) is 0 Å². The van der Waals surface area contributed by atoms with Crippen molar-refractivity contribution in [2.45, 2.75) is 92.3 Å². The number of pyridine rings is 6. The van der Waals surface area contributed by atoms with Crippen molar-refractivity contribution in [3.8, 4) is 0 Å². The van der Waals surface area contributed by atoms with Gasteiger partial charge in [-0.05, 0) is 126 Å². The topological polar surface area (TPSA) is 170 Å². The summed E-state index contributed by atoms with van der Waals surface area (Å²) in [7, 11) is 0. The molecule has 0 radical (unpaired) electrons. The standard InChI is InChI=1S/C22H31N3O3.C13H14N2O3.C11H10N2O2/c1-16-13-19-18(23-15-16)5-6-20(26)25(19)12-11-24-9-7-17(8-10-24)14-21(27)28-22(2,3)4;1-9-6-11-10(14-7-9)2-3-12(16)15(11)8-13-17-4-5-18-13;1-8-6-10-9(12-7-8)2-3-11(15)13(10)4-5-14/h5-6,13,15,17H,7-12,14H2,1-4H3;2-3,6-7,13H,4-5,8H2,1H3;2-3,5-7H,4H2,1H3. The van der Waals surface area contributed by atoms with E-state index in [0.29, 0.717) is 50.4 Å². The highest BCUT2D eigenvalue weighted by atomic mass is 16.7. The number of likely N-dealkylation sites (tertiary alicyclic amines) is 1. The maximum absolute atomic E-state index is 12.4. The van der Waals surface area contributed by atoms with Crippen LogP contribution in [0.15, 0.2) is 87.6 Å². The van der Waals surface area contributed by atoms with Gasteiger partial charge in [-0.3, -0.25) is 38.7 Å². The lowest BCUT2D eigenvalue weighted by molar-refractivity contribution is -0.156. The van der Waals surface area contributed by atoms with Gasteiger partial charge >= 0.3 is 5.97 Å². The lowest BCUT2D eigenvalue weighted by Crippen LogP contribution is -2.38. The van der Waals surface area contributed by atoms with Gasteiger partial charge in [0.25, 0.3) is 16.7 Å². The summed E-state index contributed by atoms with van der Waals surface area (Å²) in [6.45, 7) is 16.6. The fraction of sp³-hybridized carbons (Fsp3) is 0.435. The molecule has 0 aromatic carbocycles. The second-order valence-corrected chi connectivity index (χ2v) is 16.6. The molecule has 61 heavy (non-hydrogen) atoms. The lowest BCUT2D eigenvalue weighted by atomic mass is 9.93. The molecule has 0 N–H and O–H groups in total. The second-order valence-electron chi connectivity index (χ2n) is 16.6. The monoisotopic (exact) mass is 833 g/mol. The first kappa shape index (κ1) is 44.6. The van der Waals surface area contributed by atoms with E-state index in [1.165, 1.54) is 16.7 Å². The van der Waals surface area contributed by atoms with Gasteiger partial charge in [0.1, 0.15) is 11.9 Å². The third-order valence-electron chi connectivity index (χ3n) is 10.4. The zero-order valence-corrected chi connectivity index (χ0v) is 35.8. The van der Waals surface area contributed by atoms with E-state index in [1.807, 2.05) is 70.5 Å². The van der Waals surface area contributed by atoms with E-state index in [1.54, 1.807) is 41.2 Å². The number of esters is 1. The van der Waals surface area contributed by atoms with Gasteiger partial charge in [-0.25, -0.2) is 0 Å². The molecule has 6 aromatic rings. The molecular weight excluding hydrogens is 779 g/mol. The number of hydrogen-bond acceptors (Lipinski definition) is 12. The molecule has 15 nitrogen and oxygen atoms in total. The molecular formula is C46H55N7O8. The van der Waals surface area contributed by atoms with Crippen LogP contribution < -0.4 is 16.7 Å². The van der Waals surface area contributed by atoms with E-state index in [4.69, 9.17) is 14.2 Å². The molecule has 2 aliphatic heterocycles. The van der Waals surface area contributed by atoms with Gasteiger partial charge in [0.05, 0.1) is 59.4 Å². The Labute approximate surface area is 353 Å². The number of piperidine rings is 1. The molecule has 0 atom stereocenters. The number of fused-ring (bicyclic) bond motifs is 3. The van der Waals surface area contributed by atoms with E-state index in [9.17, 15) is 24.0 Å². The average molecular weight is 834 g/mol. The van der Waals surface area contributed by atoms with Crippen molar-refractivity contribution < 1.29 is 23.8 Å². The maximum atomic E-state index is 12.4. The number of hydrogen-bond donors (Lipinski definition) is 0. The summed E-state index contributed by atoms with van der Waals surface area (Å²) in [4.78, 5) is 73.6. The lowest BCUT2D eigenvalue weighted by Gasteiger charge is -2.32. The van der Waals surface area contributed by atoms with Crippen LogP contribution in [0.25, 0.3) is 33.1 Å². The molecule has 8 heterocycles. The van der Waals surface area contributed by atoms with Crippen molar-refractivity contribution in [3.05, 3.63) is 121 Å². The third-order valence-corrected chi connectivity index (χ3v) is 10.4. The van der Waals surface area contributed by atoms with E-state index >= 15 is 0 Å². The smallest absolute Gasteiger partial charge is 0.306 e. The number of rotatable bonds is 9. The van der Waals surface area contributed by atoms with Crippen LogP contribution in [0, 0.1) is 26.7 Å². The Hall–Kier alpha value is -5.90. The fourth-order valence-electron chi connectivity index (χ4n) is 7.42. The normalized spacial score (nSPS) is 15.0. The molecule has 2 aliphatic rings. The van der Waals surface area contributed by atoms with Crippen LogP contribution in [0.5, 0.6) is 0 Å². The van der Waals surface area contributed by atoms with Gasteiger partial charge in [-0.15, -0.1) is 0 Å². The highest BCUT2D eigenvalue weighted by Crippen LogP contribution is 2.23. The predicted octanol–water partition coefficient (Wildman–Crippen LogP) is 5.13. The Morgan fingerprint density at radius 1 is 0.705 bits per heavy atom. The first-order chi connectivity index (χ1) is 29.2. The van der Waals surface area contributed by atoms with Crippen molar-refractivity contribution in [1.82, 2.24) is 33.6 Å². The highest BCUT2D eigenvalue weighted by molar-refractivity contribution is 5.77.